The number of piperidine rings is 1. The molecule has 1 aliphatic heterocycles. The molecule has 92 valence electrons. The molecule has 0 aromatic heterocycles. The van der Waals surface area contributed by atoms with Crippen LogP contribution in [0.15, 0.2) is 0 Å². The van der Waals surface area contributed by atoms with Gasteiger partial charge in [-0.05, 0) is 25.7 Å². The fourth-order valence-electron chi connectivity index (χ4n) is 2.85. The Morgan fingerprint density at radius 1 is 1.38 bits per heavy atom. The van der Waals surface area contributed by atoms with Gasteiger partial charge in [0, 0.05) is 25.0 Å². The van der Waals surface area contributed by atoms with Gasteiger partial charge in [-0.15, -0.1) is 0 Å². The first-order valence-corrected chi connectivity index (χ1v) is 6.34. The normalized spacial score (nSPS) is 29.4. The fraction of sp³-hybridized carbons (Fsp3) is 0.917. The van der Waals surface area contributed by atoms with Crippen LogP contribution in [-0.4, -0.2) is 40.6 Å². The Bertz CT molecular complexity index is 262. The van der Waals surface area contributed by atoms with Gasteiger partial charge in [0.05, 0.1) is 6.10 Å². The zero-order valence-corrected chi connectivity index (χ0v) is 9.82. The quantitative estimate of drug-likeness (QED) is 0.726. The van der Waals surface area contributed by atoms with Crippen molar-refractivity contribution < 1.29 is 9.90 Å². The molecule has 0 spiro atoms. The van der Waals surface area contributed by atoms with E-state index in [9.17, 15) is 9.90 Å². The van der Waals surface area contributed by atoms with E-state index in [0.717, 1.165) is 45.1 Å². The van der Waals surface area contributed by atoms with E-state index in [0.29, 0.717) is 13.0 Å². The molecule has 0 bridgehead atoms. The molecule has 4 heteroatoms. The number of carbonyl (C=O) groups excluding carboxylic acids is 1. The first-order valence-electron chi connectivity index (χ1n) is 6.34. The highest BCUT2D eigenvalue weighted by Gasteiger charge is 2.34. The first-order chi connectivity index (χ1) is 7.59. The number of carbonyl (C=O) groups is 1. The van der Waals surface area contributed by atoms with Crippen LogP contribution in [0.1, 0.15) is 44.9 Å². The van der Waals surface area contributed by atoms with Gasteiger partial charge >= 0.3 is 0 Å². The number of aliphatic hydroxyl groups excluding tert-OH is 1. The predicted octanol–water partition coefficient (Wildman–Crippen LogP) is 0.631. The highest BCUT2D eigenvalue weighted by atomic mass is 16.3. The minimum absolute atomic E-state index is 0.128. The molecular weight excluding hydrogens is 204 g/mol. The Balaban J connectivity index is 1.87. The molecule has 0 aromatic carbocycles. The summed E-state index contributed by atoms with van der Waals surface area (Å²) in [5.74, 6) is 0.128. The smallest absolute Gasteiger partial charge is 0.224 e. The third-order valence-electron chi connectivity index (χ3n) is 3.85. The molecule has 0 radical (unpaired) electrons. The van der Waals surface area contributed by atoms with Crippen molar-refractivity contribution in [3.05, 3.63) is 0 Å². The van der Waals surface area contributed by atoms with E-state index < -0.39 is 0 Å². The van der Waals surface area contributed by atoms with Crippen molar-refractivity contribution in [2.75, 3.05) is 13.1 Å². The van der Waals surface area contributed by atoms with Crippen LogP contribution in [0.25, 0.3) is 0 Å². The second kappa shape index (κ2) is 4.72. The largest absolute Gasteiger partial charge is 0.391 e. The van der Waals surface area contributed by atoms with E-state index in [1.54, 1.807) is 4.90 Å². The minimum atomic E-state index is -0.338. The van der Waals surface area contributed by atoms with E-state index in [2.05, 4.69) is 0 Å². The zero-order valence-electron chi connectivity index (χ0n) is 9.82. The van der Waals surface area contributed by atoms with E-state index in [-0.39, 0.29) is 17.6 Å². The number of amides is 1. The summed E-state index contributed by atoms with van der Waals surface area (Å²) in [5.41, 5.74) is 5.93. The number of hydrogen-bond acceptors (Lipinski definition) is 3. The summed E-state index contributed by atoms with van der Waals surface area (Å²) in [6.07, 6.45) is 6.07. The SMILES string of the molecule is NC1(CC(=O)N2CCC[C@H](O)C2)CCCC1. The fourth-order valence-corrected chi connectivity index (χ4v) is 2.85. The molecule has 16 heavy (non-hydrogen) atoms. The van der Waals surface area contributed by atoms with Crippen LogP contribution in [0.5, 0.6) is 0 Å². The molecule has 2 fully saturated rings. The van der Waals surface area contributed by atoms with Crippen molar-refractivity contribution in [3.63, 3.8) is 0 Å². The Morgan fingerprint density at radius 3 is 2.69 bits per heavy atom. The molecule has 4 nitrogen and oxygen atoms in total. The summed E-state index contributed by atoms with van der Waals surface area (Å²) in [4.78, 5) is 13.8. The Kier molecular flexibility index (Phi) is 3.50. The van der Waals surface area contributed by atoms with Gasteiger partial charge in [0.25, 0.3) is 0 Å². The Hall–Kier alpha value is -0.610. The third kappa shape index (κ3) is 2.74. The lowest BCUT2D eigenvalue weighted by atomic mass is 9.93. The standard InChI is InChI=1S/C12H22N2O2/c13-12(5-1-2-6-12)8-11(16)14-7-3-4-10(15)9-14/h10,15H,1-9,13H2/t10-/m0/s1. The summed E-state index contributed by atoms with van der Waals surface area (Å²) in [7, 11) is 0. The van der Waals surface area contributed by atoms with Crippen LogP contribution in [0, 0.1) is 0 Å². The average molecular weight is 226 g/mol. The molecule has 0 unspecified atom stereocenters. The number of rotatable bonds is 2. The lowest BCUT2D eigenvalue weighted by Gasteiger charge is -2.33. The number of hydrogen-bond donors (Lipinski definition) is 2. The number of nitrogens with zero attached hydrogens (tertiary/aromatic N) is 1. The highest BCUT2D eigenvalue weighted by Crippen LogP contribution is 2.30. The second-order valence-electron chi connectivity index (χ2n) is 5.38. The number of nitrogens with two attached hydrogens (primary N) is 1. The van der Waals surface area contributed by atoms with Gasteiger partial charge in [-0.2, -0.15) is 0 Å². The van der Waals surface area contributed by atoms with Gasteiger partial charge < -0.3 is 15.7 Å². The van der Waals surface area contributed by atoms with Gasteiger partial charge in [-0.1, -0.05) is 12.8 Å². The number of β-amino-alcohol motifs (C(OH)–C–C–N with tert-alkyl or cyclic N) is 1. The maximum atomic E-state index is 12.0. The van der Waals surface area contributed by atoms with Gasteiger partial charge in [0.15, 0.2) is 0 Å². The van der Waals surface area contributed by atoms with Crippen LogP contribution in [0.3, 0.4) is 0 Å². The molecule has 1 heterocycles. The highest BCUT2D eigenvalue weighted by molar-refractivity contribution is 5.77. The second-order valence-corrected chi connectivity index (χ2v) is 5.38. The molecule has 2 aliphatic rings. The summed E-state index contributed by atoms with van der Waals surface area (Å²) >= 11 is 0. The molecule has 1 saturated carbocycles. The summed E-state index contributed by atoms with van der Waals surface area (Å²) < 4.78 is 0. The van der Waals surface area contributed by atoms with Gasteiger partial charge in [0.2, 0.25) is 5.91 Å². The van der Waals surface area contributed by atoms with E-state index in [1.807, 2.05) is 0 Å². The molecule has 1 saturated heterocycles. The lowest BCUT2D eigenvalue weighted by molar-refractivity contribution is -0.135. The third-order valence-corrected chi connectivity index (χ3v) is 3.85. The average Bonchev–Trinajstić information content (AvgIpc) is 2.65. The Labute approximate surface area is 96.8 Å². The van der Waals surface area contributed by atoms with Crippen LogP contribution in [0.2, 0.25) is 0 Å². The maximum Gasteiger partial charge on any atom is 0.224 e. The summed E-state index contributed by atoms with van der Waals surface area (Å²) in [5, 5.41) is 9.53. The van der Waals surface area contributed by atoms with Gasteiger partial charge in [-0.25, -0.2) is 0 Å². The first kappa shape index (κ1) is 11.9. The van der Waals surface area contributed by atoms with Crippen LogP contribution in [-0.2, 0) is 4.79 Å². The number of aliphatic hydroxyl groups is 1. The monoisotopic (exact) mass is 226 g/mol. The van der Waals surface area contributed by atoms with Crippen molar-refractivity contribution in [1.82, 2.24) is 4.90 Å². The van der Waals surface area contributed by atoms with Crippen LogP contribution >= 0.6 is 0 Å². The van der Waals surface area contributed by atoms with Crippen molar-refractivity contribution in [1.29, 1.82) is 0 Å². The van der Waals surface area contributed by atoms with E-state index in [4.69, 9.17) is 5.73 Å². The molecular formula is C12H22N2O2. The van der Waals surface area contributed by atoms with Crippen LogP contribution in [0.4, 0.5) is 0 Å². The van der Waals surface area contributed by atoms with Crippen molar-refractivity contribution in [2.24, 2.45) is 5.73 Å². The molecule has 1 aliphatic carbocycles. The van der Waals surface area contributed by atoms with Crippen molar-refractivity contribution in [3.8, 4) is 0 Å². The maximum absolute atomic E-state index is 12.0. The topological polar surface area (TPSA) is 66.6 Å². The number of likely N-dealkylation sites (tertiary alicyclic amines) is 1. The van der Waals surface area contributed by atoms with Crippen molar-refractivity contribution >= 4 is 5.91 Å². The van der Waals surface area contributed by atoms with Crippen LogP contribution < -0.4 is 5.73 Å². The predicted molar refractivity (Wildman–Crippen MR) is 61.8 cm³/mol. The molecule has 2 rings (SSSR count). The van der Waals surface area contributed by atoms with Gasteiger partial charge in [-0.3, -0.25) is 4.79 Å². The zero-order chi connectivity index (χ0) is 11.6. The molecule has 0 aromatic rings. The minimum Gasteiger partial charge on any atom is -0.391 e. The lowest BCUT2D eigenvalue weighted by Crippen LogP contribution is -2.47. The summed E-state index contributed by atoms with van der Waals surface area (Å²) in [6, 6.07) is 0. The molecule has 1 atom stereocenters. The molecule has 3 N–H and O–H groups in total. The van der Waals surface area contributed by atoms with E-state index >= 15 is 0 Å². The van der Waals surface area contributed by atoms with Crippen molar-refractivity contribution in [2.45, 2.75) is 56.6 Å². The summed E-state index contributed by atoms with van der Waals surface area (Å²) in [6.45, 7) is 1.28. The molecule has 1 amide bonds. The van der Waals surface area contributed by atoms with E-state index in [1.165, 1.54) is 0 Å². The van der Waals surface area contributed by atoms with Gasteiger partial charge in [0.1, 0.15) is 0 Å². The Morgan fingerprint density at radius 2 is 2.06 bits per heavy atom.